The van der Waals surface area contributed by atoms with Gasteiger partial charge in [-0.1, -0.05) is 43.2 Å². The second-order valence-electron chi connectivity index (χ2n) is 8.81. The number of hydrogen-bond donors (Lipinski definition) is 1. The molecule has 1 heterocycles. The summed E-state index contributed by atoms with van der Waals surface area (Å²) < 4.78 is 44.6. The monoisotopic (exact) mass is 447 g/mol. The lowest BCUT2D eigenvalue weighted by Gasteiger charge is -2.14. The van der Waals surface area contributed by atoms with E-state index in [2.05, 4.69) is 23.2 Å². The van der Waals surface area contributed by atoms with Gasteiger partial charge in [0, 0.05) is 17.9 Å². The summed E-state index contributed by atoms with van der Waals surface area (Å²) in [5.41, 5.74) is 1.05. The second kappa shape index (κ2) is 11.0. The highest BCUT2D eigenvalue weighted by molar-refractivity contribution is 5.78. The van der Waals surface area contributed by atoms with Crippen molar-refractivity contribution in [2.45, 2.75) is 71.1 Å². The fraction of sp³-hybridized carbons (Fsp3) is 0.500. The minimum Gasteiger partial charge on any atom is -0.379 e. The van der Waals surface area contributed by atoms with Crippen LogP contribution < -0.4 is 5.56 Å². The van der Waals surface area contributed by atoms with E-state index in [1.807, 2.05) is 26.0 Å². The van der Waals surface area contributed by atoms with Gasteiger partial charge in [0.05, 0.1) is 6.10 Å². The first-order chi connectivity index (χ1) is 15.2. The summed E-state index contributed by atoms with van der Waals surface area (Å²) in [7, 11) is 0. The van der Waals surface area contributed by atoms with E-state index in [1.165, 1.54) is 11.6 Å². The molecule has 1 saturated carbocycles. The molecule has 1 aromatic carbocycles. The number of pyridine rings is 1. The quantitative estimate of drug-likeness (QED) is 0.431. The Kier molecular flexibility index (Phi) is 8.35. The molecule has 0 aliphatic heterocycles. The highest BCUT2D eigenvalue weighted by Crippen LogP contribution is 2.32. The van der Waals surface area contributed by atoms with E-state index in [-0.39, 0.29) is 6.10 Å². The SMILES string of the molecule is CC(C)OCCCCc1ccc(/C(=C\C2CCCC2)c2ccc(C(F)(F)F)c(=O)[nH]2)cc1. The van der Waals surface area contributed by atoms with E-state index in [1.54, 1.807) is 0 Å². The topological polar surface area (TPSA) is 42.1 Å². The Morgan fingerprint density at radius 2 is 1.78 bits per heavy atom. The number of halogens is 3. The van der Waals surface area contributed by atoms with Crippen LogP contribution in [0.1, 0.15) is 74.8 Å². The third-order valence-corrected chi connectivity index (χ3v) is 5.88. The Hall–Kier alpha value is -2.34. The molecule has 0 saturated heterocycles. The van der Waals surface area contributed by atoms with E-state index in [0.717, 1.165) is 68.8 Å². The third kappa shape index (κ3) is 6.83. The van der Waals surface area contributed by atoms with Gasteiger partial charge in [0.25, 0.3) is 5.56 Å². The Morgan fingerprint density at radius 1 is 1.09 bits per heavy atom. The van der Waals surface area contributed by atoms with Crippen molar-refractivity contribution in [1.82, 2.24) is 4.98 Å². The number of ether oxygens (including phenoxy) is 1. The molecule has 0 bridgehead atoms. The van der Waals surface area contributed by atoms with Crippen LogP contribution in [0.3, 0.4) is 0 Å². The minimum atomic E-state index is -4.66. The summed E-state index contributed by atoms with van der Waals surface area (Å²) in [4.78, 5) is 14.6. The molecule has 0 radical (unpaired) electrons. The molecule has 0 unspecified atom stereocenters. The zero-order valence-electron chi connectivity index (χ0n) is 18.8. The molecule has 3 rings (SSSR count). The lowest BCUT2D eigenvalue weighted by Crippen LogP contribution is -2.22. The lowest BCUT2D eigenvalue weighted by molar-refractivity contribution is -0.138. The first-order valence-electron chi connectivity index (χ1n) is 11.5. The van der Waals surface area contributed by atoms with Crippen molar-refractivity contribution >= 4 is 5.57 Å². The van der Waals surface area contributed by atoms with Crippen LogP contribution >= 0.6 is 0 Å². The summed E-state index contributed by atoms with van der Waals surface area (Å²) in [6.45, 7) is 4.81. The van der Waals surface area contributed by atoms with Gasteiger partial charge in [0.1, 0.15) is 5.56 Å². The molecular formula is C26H32F3NO2. The number of unbranched alkanes of at least 4 members (excludes halogenated alkanes) is 1. The number of H-pyrrole nitrogens is 1. The smallest absolute Gasteiger partial charge is 0.379 e. The average molecular weight is 448 g/mol. The predicted octanol–water partition coefficient (Wildman–Crippen LogP) is 6.76. The number of rotatable bonds is 9. The standard InChI is InChI=1S/C26H32F3NO2/c1-18(2)32-16-6-5-7-19-10-12-21(13-11-19)22(17-20-8-3-4-9-20)24-15-14-23(25(31)30-24)26(27,28)29/h10-15,17-18,20H,3-9,16H2,1-2H3,(H,30,31)/b22-17+. The van der Waals surface area contributed by atoms with Gasteiger partial charge in [-0.25, -0.2) is 0 Å². The summed E-state index contributed by atoms with van der Waals surface area (Å²) in [6, 6.07) is 10.4. The number of hydrogen-bond acceptors (Lipinski definition) is 2. The number of benzene rings is 1. The van der Waals surface area contributed by atoms with Gasteiger partial charge < -0.3 is 9.72 Å². The molecule has 1 aliphatic rings. The van der Waals surface area contributed by atoms with Crippen LogP contribution in [0.25, 0.3) is 5.57 Å². The number of aryl methyl sites for hydroxylation is 1. The van der Waals surface area contributed by atoms with Gasteiger partial charge in [0.15, 0.2) is 0 Å². The normalized spacial score (nSPS) is 15.6. The average Bonchev–Trinajstić information content (AvgIpc) is 3.24. The minimum absolute atomic E-state index is 0.246. The molecule has 2 aromatic rings. The van der Waals surface area contributed by atoms with Crippen molar-refractivity contribution in [1.29, 1.82) is 0 Å². The first-order valence-corrected chi connectivity index (χ1v) is 11.5. The Morgan fingerprint density at radius 3 is 2.38 bits per heavy atom. The van der Waals surface area contributed by atoms with Gasteiger partial charge in [-0.2, -0.15) is 13.2 Å². The van der Waals surface area contributed by atoms with Crippen LogP contribution in [-0.2, 0) is 17.3 Å². The molecule has 1 aromatic heterocycles. The molecule has 0 spiro atoms. The van der Waals surface area contributed by atoms with Crippen molar-refractivity contribution in [2.24, 2.45) is 5.92 Å². The Bertz CT molecular complexity index is 952. The van der Waals surface area contributed by atoms with Gasteiger partial charge in [0.2, 0.25) is 0 Å². The lowest BCUT2D eigenvalue weighted by atomic mass is 9.94. The third-order valence-electron chi connectivity index (χ3n) is 5.88. The summed E-state index contributed by atoms with van der Waals surface area (Å²) >= 11 is 0. The summed E-state index contributed by atoms with van der Waals surface area (Å²) in [5.74, 6) is 0.372. The van der Waals surface area contributed by atoms with Crippen molar-refractivity contribution in [3.05, 3.63) is 75.2 Å². The number of nitrogens with one attached hydrogen (secondary N) is 1. The van der Waals surface area contributed by atoms with Crippen LogP contribution in [0.5, 0.6) is 0 Å². The maximum absolute atomic E-state index is 13.0. The number of alkyl halides is 3. The van der Waals surface area contributed by atoms with Crippen LogP contribution in [0.4, 0.5) is 13.2 Å². The maximum atomic E-state index is 13.0. The molecular weight excluding hydrogens is 415 g/mol. The highest BCUT2D eigenvalue weighted by Gasteiger charge is 2.34. The van der Waals surface area contributed by atoms with Crippen LogP contribution in [0.15, 0.2) is 47.3 Å². The van der Waals surface area contributed by atoms with E-state index in [0.29, 0.717) is 11.6 Å². The second-order valence-corrected chi connectivity index (χ2v) is 8.81. The molecule has 1 fully saturated rings. The van der Waals surface area contributed by atoms with Crippen molar-refractivity contribution in [3.8, 4) is 0 Å². The van der Waals surface area contributed by atoms with Gasteiger partial charge in [-0.15, -0.1) is 0 Å². The van der Waals surface area contributed by atoms with E-state index < -0.39 is 17.3 Å². The molecule has 6 heteroatoms. The van der Waals surface area contributed by atoms with E-state index in [4.69, 9.17) is 4.74 Å². The van der Waals surface area contributed by atoms with Crippen molar-refractivity contribution < 1.29 is 17.9 Å². The van der Waals surface area contributed by atoms with Crippen molar-refractivity contribution in [3.63, 3.8) is 0 Å². The molecule has 0 amide bonds. The zero-order valence-corrected chi connectivity index (χ0v) is 18.8. The van der Waals surface area contributed by atoms with E-state index in [9.17, 15) is 18.0 Å². The molecule has 32 heavy (non-hydrogen) atoms. The molecule has 1 N–H and O–H groups in total. The predicted molar refractivity (Wildman–Crippen MR) is 122 cm³/mol. The van der Waals surface area contributed by atoms with Crippen LogP contribution in [0.2, 0.25) is 0 Å². The Labute approximate surface area is 187 Å². The largest absolute Gasteiger partial charge is 0.421 e. The van der Waals surface area contributed by atoms with Crippen LogP contribution in [-0.4, -0.2) is 17.7 Å². The van der Waals surface area contributed by atoms with Crippen molar-refractivity contribution in [2.75, 3.05) is 6.61 Å². The fourth-order valence-electron chi connectivity index (χ4n) is 4.16. The summed E-state index contributed by atoms with van der Waals surface area (Å²) in [5, 5.41) is 0. The molecule has 3 nitrogen and oxygen atoms in total. The molecule has 0 atom stereocenters. The first kappa shape index (κ1) is 24.3. The van der Waals surface area contributed by atoms with Crippen LogP contribution in [0, 0.1) is 5.92 Å². The zero-order chi connectivity index (χ0) is 23.1. The number of aromatic nitrogens is 1. The van der Waals surface area contributed by atoms with Gasteiger partial charge >= 0.3 is 6.18 Å². The Balaban J connectivity index is 1.79. The maximum Gasteiger partial charge on any atom is 0.421 e. The molecule has 1 aliphatic carbocycles. The number of aromatic amines is 1. The van der Waals surface area contributed by atoms with Gasteiger partial charge in [-0.3, -0.25) is 4.79 Å². The van der Waals surface area contributed by atoms with Gasteiger partial charge in [-0.05, 0) is 75.1 Å². The number of allylic oxidation sites excluding steroid dienone is 1. The summed E-state index contributed by atoms with van der Waals surface area (Å²) in [6.07, 6.45) is 5.09. The molecule has 174 valence electrons. The fourth-order valence-corrected chi connectivity index (χ4v) is 4.16. The van der Waals surface area contributed by atoms with E-state index >= 15 is 0 Å². The highest BCUT2D eigenvalue weighted by atomic mass is 19.4.